The molecule has 0 aliphatic heterocycles. The molecular weight excluding hydrogens is 238 g/mol. The Labute approximate surface area is 106 Å². The molecule has 18 heavy (non-hydrogen) atoms. The van der Waals surface area contributed by atoms with Gasteiger partial charge < -0.3 is 15.5 Å². The standard InChI is InChI=1S/C12H21NO5/c1-4-8(5-6-9(14)15)11(16)13-10(7(2)3)12(17)18/h7-8,10H,4-6H2,1-3H3,(H,13,16)(H,14,15)(H,17,18)/t8-,10-/m0/s1. The average Bonchev–Trinajstić information content (AvgIpc) is 2.25. The maximum Gasteiger partial charge on any atom is 0.326 e. The molecule has 0 aliphatic carbocycles. The van der Waals surface area contributed by atoms with Crippen molar-refractivity contribution in [3.8, 4) is 0 Å². The third-order valence-corrected chi connectivity index (χ3v) is 2.80. The summed E-state index contributed by atoms with van der Waals surface area (Å²) in [6.45, 7) is 5.19. The molecule has 0 saturated heterocycles. The van der Waals surface area contributed by atoms with E-state index < -0.39 is 23.9 Å². The van der Waals surface area contributed by atoms with Crippen molar-refractivity contribution in [2.24, 2.45) is 11.8 Å². The topological polar surface area (TPSA) is 104 Å². The van der Waals surface area contributed by atoms with Crippen LogP contribution >= 0.6 is 0 Å². The van der Waals surface area contributed by atoms with Gasteiger partial charge in [-0.1, -0.05) is 20.8 Å². The molecule has 0 radical (unpaired) electrons. The molecular formula is C12H21NO5. The SMILES string of the molecule is CC[C@@H](CCC(=O)O)C(=O)N[C@H](C(=O)O)C(C)C. The Morgan fingerprint density at radius 2 is 1.72 bits per heavy atom. The first-order valence-corrected chi connectivity index (χ1v) is 6.04. The zero-order valence-electron chi connectivity index (χ0n) is 11.0. The minimum absolute atomic E-state index is 0.0919. The van der Waals surface area contributed by atoms with Gasteiger partial charge in [0.15, 0.2) is 0 Å². The first-order valence-electron chi connectivity index (χ1n) is 6.04. The largest absolute Gasteiger partial charge is 0.481 e. The van der Waals surface area contributed by atoms with Crippen molar-refractivity contribution in [1.29, 1.82) is 0 Å². The van der Waals surface area contributed by atoms with Gasteiger partial charge in [0.1, 0.15) is 6.04 Å². The fraction of sp³-hybridized carbons (Fsp3) is 0.750. The Bertz CT molecular complexity index is 314. The van der Waals surface area contributed by atoms with Gasteiger partial charge in [-0.25, -0.2) is 4.79 Å². The summed E-state index contributed by atoms with van der Waals surface area (Å²) in [4.78, 5) is 33.2. The molecule has 0 saturated carbocycles. The van der Waals surface area contributed by atoms with E-state index in [1.165, 1.54) is 0 Å². The summed E-state index contributed by atoms with van der Waals surface area (Å²) in [5, 5.41) is 20.0. The lowest BCUT2D eigenvalue weighted by Crippen LogP contribution is -2.46. The third kappa shape index (κ3) is 5.65. The molecule has 0 bridgehead atoms. The molecule has 0 fully saturated rings. The Morgan fingerprint density at radius 1 is 1.17 bits per heavy atom. The zero-order chi connectivity index (χ0) is 14.3. The van der Waals surface area contributed by atoms with Gasteiger partial charge in [0.05, 0.1) is 0 Å². The maximum atomic E-state index is 11.8. The average molecular weight is 259 g/mol. The predicted molar refractivity (Wildman–Crippen MR) is 65.1 cm³/mol. The van der Waals surface area contributed by atoms with Crippen LogP contribution in [0.15, 0.2) is 0 Å². The highest BCUT2D eigenvalue weighted by molar-refractivity contribution is 5.85. The van der Waals surface area contributed by atoms with Crippen LogP contribution in [0, 0.1) is 11.8 Å². The fourth-order valence-corrected chi connectivity index (χ4v) is 1.60. The second-order valence-corrected chi connectivity index (χ2v) is 4.61. The lowest BCUT2D eigenvalue weighted by molar-refractivity contribution is -0.144. The van der Waals surface area contributed by atoms with E-state index >= 15 is 0 Å². The third-order valence-electron chi connectivity index (χ3n) is 2.80. The maximum absolute atomic E-state index is 11.8. The van der Waals surface area contributed by atoms with Crippen molar-refractivity contribution in [3.63, 3.8) is 0 Å². The molecule has 0 rings (SSSR count). The lowest BCUT2D eigenvalue weighted by Gasteiger charge is -2.21. The number of hydrogen-bond acceptors (Lipinski definition) is 3. The first kappa shape index (κ1) is 16.4. The molecule has 0 aromatic carbocycles. The molecule has 2 atom stereocenters. The van der Waals surface area contributed by atoms with Crippen LogP contribution in [0.25, 0.3) is 0 Å². The number of carboxylic acid groups (broad SMARTS) is 2. The van der Waals surface area contributed by atoms with Crippen LogP contribution in [-0.4, -0.2) is 34.1 Å². The highest BCUT2D eigenvalue weighted by Gasteiger charge is 2.26. The molecule has 3 N–H and O–H groups in total. The smallest absolute Gasteiger partial charge is 0.326 e. The highest BCUT2D eigenvalue weighted by Crippen LogP contribution is 2.13. The summed E-state index contributed by atoms with van der Waals surface area (Å²) < 4.78 is 0. The number of carbonyl (C=O) groups is 3. The van der Waals surface area contributed by atoms with Crippen molar-refractivity contribution in [2.75, 3.05) is 0 Å². The van der Waals surface area contributed by atoms with Crippen LogP contribution in [-0.2, 0) is 14.4 Å². The molecule has 6 heteroatoms. The second kappa shape index (κ2) is 7.68. The summed E-state index contributed by atoms with van der Waals surface area (Å²) in [6.07, 6.45) is 0.622. The number of carbonyl (C=O) groups excluding carboxylic acids is 1. The van der Waals surface area contributed by atoms with E-state index in [0.29, 0.717) is 6.42 Å². The Hall–Kier alpha value is -1.59. The van der Waals surface area contributed by atoms with E-state index in [0.717, 1.165) is 0 Å². The number of carboxylic acids is 2. The van der Waals surface area contributed by atoms with Gasteiger partial charge in [-0.15, -0.1) is 0 Å². The molecule has 0 spiro atoms. The van der Waals surface area contributed by atoms with Crippen LogP contribution in [0.4, 0.5) is 0 Å². The number of hydrogen-bond donors (Lipinski definition) is 3. The van der Waals surface area contributed by atoms with Gasteiger partial charge in [-0.3, -0.25) is 9.59 Å². The number of rotatable bonds is 8. The van der Waals surface area contributed by atoms with Gasteiger partial charge in [0.25, 0.3) is 0 Å². The van der Waals surface area contributed by atoms with Crippen molar-refractivity contribution in [2.45, 2.75) is 46.1 Å². The van der Waals surface area contributed by atoms with Gasteiger partial charge >= 0.3 is 11.9 Å². The quantitative estimate of drug-likeness (QED) is 0.605. The monoisotopic (exact) mass is 259 g/mol. The van der Waals surface area contributed by atoms with Gasteiger partial charge in [-0.2, -0.15) is 0 Å². The van der Waals surface area contributed by atoms with E-state index in [4.69, 9.17) is 10.2 Å². The van der Waals surface area contributed by atoms with Crippen molar-refractivity contribution >= 4 is 17.8 Å². The normalized spacial score (nSPS) is 14.0. The van der Waals surface area contributed by atoms with E-state index in [2.05, 4.69) is 5.32 Å². The summed E-state index contributed by atoms with van der Waals surface area (Å²) in [5.74, 6) is -3.10. The van der Waals surface area contributed by atoms with Crippen LogP contribution < -0.4 is 5.32 Å². The Kier molecular flexibility index (Phi) is 7.00. The minimum Gasteiger partial charge on any atom is -0.481 e. The van der Waals surface area contributed by atoms with Gasteiger partial charge in [-0.05, 0) is 18.8 Å². The summed E-state index contributed by atoms with van der Waals surface area (Å²) >= 11 is 0. The highest BCUT2D eigenvalue weighted by atomic mass is 16.4. The molecule has 0 aromatic rings. The lowest BCUT2D eigenvalue weighted by atomic mass is 9.97. The van der Waals surface area contributed by atoms with Crippen molar-refractivity contribution in [1.82, 2.24) is 5.32 Å². The minimum atomic E-state index is -1.08. The summed E-state index contributed by atoms with van der Waals surface area (Å²) in [6, 6.07) is -0.934. The van der Waals surface area contributed by atoms with Crippen LogP contribution in [0.3, 0.4) is 0 Å². The van der Waals surface area contributed by atoms with Crippen molar-refractivity contribution < 1.29 is 24.6 Å². The Balaban J connectivity index is 4.50. The summed E-state index contributed by atoms with van der Waals surface area (Å²) in [7, 11) is 0. The van der Waals surface area contributed by atoms with E-state index in [-0.39, 0.29) is 24.7 Å². The Morgan fingerprint density at radius 3 is 2.06 bits per heavy atom. The van der Waals surface area contributed by atoms with Gasteiger partial charge in [0, 0.05) is 12.3 Å². The number of nitrogens with one attached hydrogen (secondary N) is 1. The summed E-state index contributed by atoms with van der Waals surface area (Å²) in [5.41, 5.74) is 0. The fourth-order valence-electron chi connectivity index (χ4n) is 1.60. The van der Waals surface area contributed by atoms with Crippen LogP contribution in [0.1, 0.15) is 40.0 Å². The molecule has 104 valence electrons. The molecule has 0 aliphatic rings. The zero-order valence-corrected chi connectivity index (χ0v) is 11.0. The van der Waals surface area contributed by atoms with Crippen LogP contribution in [0.5, 0.6) is 0 Å². The number of aliphatic carboxylic acids is 2. The van der Waals surface area contributed by atoms with E-state index in [1.54, 1.807) is 20.8 Å². The molecule has 0 heterocycles. The van der Waals surface area contributed by atoms with Crippen molar-refractivity contribution in [3.05, 3.63) is 0 Å². The first-order chi connectivity index (χ1) is 8.29. The van der Waals surface area contributed by atoms with Crippen LogP contribution in [0.2, 0.25) is 0 Å². The van der Waals surface area contributed by atoms with Gasteiger partial charge in [0.2, 0.25) is 5.91 Å². The molecule has 0 aromatic heterocycles. The number of amides is 1. The second-order valence-electron chi connectivity index (χ2n) is 4.61. The van der Waals surface area contributed by atoms with E-state index in [1.807, 2.05) is 0 Å². The molecule has 6 nitrogen and oxygen atoms in total. The predicted octanol–water partition coefficient (Wildman–Crippen LogP) is 1.10. The molecule has 0 unspecified atom stereocenters. The molecule has 1 amide bonds. The van der Waals surface area contributed by atoms with E-state index in [9.17, 15) is 14.4 Å².